The smallest absolute Gasteiger partial charge is 0.272 e. The average molecular weight is 478 g/mol. The minimum atomic E-state index is 0.0511. The lowest BCUT2D eigenvalue weighted by molar-refractivity contribution is 0.0702. The fourth-order valence-electron chi connectivity index (χ4n) is 4.59. The number of nitrogens with zero attached hydrogens (tertiary/aromatic N) is 5. The van der Waals surface area contributed by atoms with Gasteiger partial charge in [0.15, 0.2) is 4.96 Å². The maximum atomic E-state index is 13.5. The fourth-order valence-corrected chi connectivity index (χ4v) is 5.48. The van der Waals surface area contributed by atoms with E-state index in [1.165, 1.54) is 16.9 Å². The molecule has 0 saturated heterocycles. The first kappa shape index (κ1) is 22.7. The van der Waals surface area contributed by atoms with Crippen molar-refractivity contribution in [1.29, 1.82) is 0 Å². The number of fused-ring (bicyclic) bond motifs is 2. The molecule has 1 aliphatic heterocycles. The zero-order valence-electron chi connectivity index (χ0n) is 20.2. The Morgan fingerprint density at radius 3 is 2.71 bits per heavy atom. The van der Waals surface area contributed by atoms with Gasteiger partial charge in [-0.05, 0) is 37.0 Å². The highest BCUT2D eigenvalue weighted by molar-refractivity contribution is 7.15. The minimum Gasteiger partial charge on any atom is -0.497 e. The molecule has 3 aromatic heterocycles. The Labute approximate surface area is 204 Å². The van der Waals surface area contributed by atoms with Gasteiger partial charge < -0.3 is 14.2 Å². The van der Waals surface area contributed by atoms with Crippen LogP contribution in [0.3, 0.4) is 0 Å². The molecule has 8 heteroatoms. The van der Waals surface area contributed by atoms with Gasteiger partial charge in [-0.2, -0.15) is 0 Å². The molecule has 0 bridgehead atoms. The van der Waals surface area contributed by atoms with Crippen LogP contribution in [0.2, 0.25) is 0 Å². The minimum absolute atomic E-state index is 0.0511. The van der Waals surface area contributed by atoms with Crippen LogP contribution in [-0.2, 0) is 25.9 Å². The van der Waals surface area contributed by atoms with Crippen molar-refractivity contribution in [3.8, 4) is 5.75 Å². The molecule has 0 N–H and O–H groups in total. The average Bonchev–Trinajstić information content (AvgIpc) is 3.49. The Morgan fingerprint density at radius 2 is 1.97 bits per heavy atom. The Balaban J connectivity index is 1.44. The SMILES string of the molecule is COc1ccc(Cc2nc(CCC(C)C)n3c2CN(C(=O)c2csc4nc(C)cn24)CC3)cc1. The second kappa shape index (κ2) is 9.25. The number of imidazole rings is 2. The third kappa shape index (κ3) is 4.34. The van der Waals surface area contributed by atoms with Crippen molar-refractivity contribution in [3.05, 3.63) is 70.0 Å². The molecule has 5 rings (SSSR count). The molecular formula is C26H31N5O2S. The van der Waals surface area contributed by atoms with Crippen molar-refractivity contribution in [2.24, 2.45) is 5.92 Å². The van der Waals surface area contributed by atoms with Crippen LogP contribution in [0.1, 0.15) is 59.2 Å². The zero-order chi connectivity index (χ0) is 23.8. The van der Waals surface area contributed by atoms with Crippen LogP contribution in [0.4, 0.5) is 0 Å². The van der Waals surface area contributed by atoms with E-state index >= 15 is 0 Å². The molecule has 4 heterocycles. The van der Waals surface area contributed by atoms with E-state index in [1.807, 2.05) is 39.9 Å². The summed E-state index contributed by atoms with van der Waals surface area (Å²) in [7, 11) is 1.68. The lowest BCUT2D eigenvalue weighted by Gasteiger charge is -2.29. The first-order chi connectivity index (χ1) is 16.4. The number of carbonyl (C=O) groups is 1. The molecule has 1 amide bonds. The molecule has 0 radical (unpaired) electrons. The van der Waals surface area contributed by atoms with Crippen LogP contribution >= 0.6 is 11.3 Å². The van der Waals surface area contributed by atoms with Crippen LogP contribution in [0.15, 0.2) is 35.8 Å². The summed E-state index contributed by atoms with van der Waals surface area (Å²) in [6.45, 7) is 8.49. The number of aromatic nitrogens is 4. The van der Waals surface area contributed by atoms with Gasteiger partial charge in [-0.1, -0.05) is 26.0 Å². The van der Waals surface area contributed by atoms with Gasteiger partial charge in [-0.25, -0.2) is 9.97 Å². The maximum absolute atomic E-state index is 13.5. The zero-order valence-corrected chi connectivity index (χ0v) is 21.1. The molecule has 0 fully saturated rings. The van der Waals surface area contributed by atoms with Crippen LogP contribution in [0.25, 0.3) is 4.96 Å². The molecule has 4 aromatic rings. The number of hydrogen-bond acceptors (Lipinski definition) is 5. The van der Waals surface area contributed by atoms with E-state index in [2.05, 4.69) is 35.5 Å². The van der Waals surface area contributed by atoms with E-state index in [9.17, 15) is 4.79 Å². The summed E-state index contributed by atoms with van der Waals surface area (Å²) in [4.78, 5) is 25.9. The van der Waals surface area contributed by atoms with Crippen molar-refractivity contribution in [1.82, 2.24) is 23.8 Å². The molecule has 0 atom stereocenters. The Hall–Kier alpha value is -3.13. The van der Waals surface area contributed by atoms with Gasteiger partial charge in [0, 0.05) is 37.5 Å². The summed E-state index contributed by atoms with van der Waals surface area (Å²) in [5, 5.41) is 1.92. The number of methoxy groups -OCH3 is 1. The lowest BCUT2D eigenvalue weighted by atomic mass is 10.1. The van der Waals surface area contributed by atoms with Crippen molar-refractivity contribution < 1.29 is 9.53 Å². The van der Waals surface area contributed by atoms with E-state index in [4.69, 9.17) is 9.72 Å². The number of rotatable bonds is 7. The van der Waals surface area contributed by atoms with Crippen molar-refractivity contribution in [2.75, 3.05) is 13.7 Å². The van der Waals surface area contributed by atoms with Crippen molar-refractivity contribution in [2.45, 2.75) is 53.1 Å². The fraction of sp³-hybridized carbons (Fsp3) is 0.423. The third-order valence-electron chi connectivity index (χ3n) is 6.48. The van der Waals surface area contributed by atoms with Crippen LogP contribution in [0, 0.1) is 12.8 Å². The van der Waals surface area contributed by atoms with Gasteiger partial charge in [0.05, 0.1) is 30.7 Å². The van der Waals surface area contributed by atoms with Crippen LogP contribution in [0.5, 0.6) is 5.75 Å². The molecule has 0 spiro atoms. The van der Waals surface area contributed by atoms with Crippen LogP contribution < -0.4 is 4.74 Å². The number of thiazole rings is 1. The third-order valence-corrected chi connectivity index (χ3v) is 7.32. The largest absolute Gasteiger partial charge is 0.497 e. The van der Waals surface area contributed by atoms with Crippen LogP contribution in [-0.4, -0.2) is 43.4 Å². The second-order valence-electron chi connectivity index (χ2n) is 9.41. The molecule has 1 aromatic carbocycles. The molecule has 178 valence electrons. The van der Waals surface area contributed by atoms with Gasteiger partial charge in [0.2, 0.25) is 0 Å². The normalized spacial score (nSPS) is 13.6. The first-order valence-corrected chi connectivity index (χ1v) is 12.7. The number of benzene rings is 1. The molecule has 0 saturated carbocycles. The van der Waals surface area contributed by atoms with E-state index < -0.39 is 0 Å². The summed E-state index contributed by atoms with van der Waals surface area (Å²) in [5.41, 5.74) is 5.02. The predicted molar refractivity (Wildman–Crippen MR) is 134 cm³/mol. The monoisotopic (exact) mass is 477 g/mol. The predicted octanol–water partition coefficient (Wildman–Crippen LogP) is 4.74. The summed E-state index contributed by atoms with van der Waals surface area (Å²) in [5.74, 6) is 2.67. The van der Waals surface area contributed by atoms with Crippen molar-refractivity contribution in [3.63, 3.8) is 0 Å². The number of aryl methyl sites for hydroxylation is 2. The number of carbonyl (C=O) groups excluding carboxylic acids is 1. The molecule has 0 unspecified atom stereocenters. The highest BCUT2D eigenvalue weighted by atomic mass is 32.1. The molecule has 7 nitrogen and oxygen atoms in total. The number of amides is 1. The standard InChI is InChI=1S/C26H31N5O2S/c1-17(2)5-10-24-28-21(13-19-6-8-20(33-4)9-7-19)22-15-29(11-12-30(22)24)25(32)23-16-34-26-27-18(3)14-31(23)26/h6-9,14,16-17H,5,10-13,15H2,1-4H3. The molecule has 34 heavy (non-hydrogen) atoms. The molecule has 1 aliphatic rings. The van der Waals surface area contributed by atoms with E-state index in [0.717, 1.165) is 59.4 Å². The first-order valence-electron chi connectivity index (χ1n) is 11.9. The van der Waals surface area contributed by atoms with Gasteiger partial charge in [0.25, 0.3) is 5.91 Å². The van der Waals surface area contributed by atoms with E-state index in [1.54, 1.807) is 7.11 Å². The molecule has 0 aliphatic carbocycles. The van der Waals surface area contributed by atoms with Gasteiger partial charge in [0.1, 0.15) is 17.3 Å². The summed E-state index contributed by atoms with van der Waals surface area (Å²) in [6, 6.07) is 8.16. The quantitative estimate of drug-likeness (QED) is 0.386. The van der Waals surface area contributed by atoms with Crippen molar-refractivity contribution >= 4 is 22.2 Å². The van der Waals surface area contributed by atoms with Gasteiger partial charge >= 0.3 is 0 Å². The summed E-state index contributed by atoms with van der Waals surface area (Å²) in [6.07, 6.45) is 4.74. The topological polar surface area (TPSA) is 64.7 Å². The Kier molecular flexibility index (Phi) is 6.16. The maximum Gasteiger partial charge on any atom is 0.272 e. The highest BCUT2D eigenvalue weighted by Gasteiger charge is 2.28. The highest BCUT2D eigenvalue weighted by Crippen LogP contribution is 2.26. The summed E-state index contributed by atoms with van der Waals surface area (Å²) < 4.78 is 9.58. The summed E-state index contributed by atoms with van der Waals surface area (Å²) >= 11 is 1.51. The number of hydrogen-bond donors (Lipinski definition) is 0. The Morgan fingerprint density at radius 1 is 1.18 bits per heavy atom. The van der Waals surface area contributed by atoms with E-state index in [-0.39, 0.29) is 5.91 Å². The molecular weight excluding hydrogens is 446 g/mol. The second-order valence-corrected chi connectivity index (χ2v) is 10.2. The lowest BCUT2D eigenvalue weighted by Crippen LogP contribution is -2.39. The van der Waals surface area contributed by atoms with E-state index in [0.29, 0.717) is 24.7 Å². The number of ether oxygens (including phenoxy) is 1. The van der Waals surface area contributed by atoms with Gasteiger partial charge in [-0.15, -0.1) is 11.3 Å². The Bertz CT molecular complexity index is 1320. The van der Waals surface area contributed by atoms with Gasteiger partial charge in [-0.3, -0.25) is 9.20 Å².